The third-order valence-electron chi connectivity index (χ3n) is 4.45. The molecule has 110 valence electrons. The van der Waals surface area contributed by atoms with Crippen molar-refractivity contribution >= 4 is 17.3 Å². The van der Waals surface area contributed by atoms with Crippen LogP contribution >= 0.6 is 11.3 Å². The fourth-order valence-corrected chi connectivity index (χ4v) is 4.08. The van der Waals surface area contributed by atoms with Gasteiger partial charge in [0, 0.05) is 30.7 Å². The number of nitrogens with zero attached hydrogens (tertiary/aromatic N) is 3. The molecule has 1 atom stereocenters. The number of thiazole rings is 1. The van der Waals surface area contributed by atoms with E-state index < -0.39 is 5.97 Å². The standard InChI is InChI=1S/C14H21N3O2S/c18-14(19)12-2-1-6-17(12)11-3-7-16(8-4-11)10-13-15-5-9-20-13/h5,9,11-12H,1-4,6-8,10H2,(H,18,19). The van der Waals surface area contributed by atoms with Crippen molar-refractivity contribution in [2.24, 2.45) is 0 Å². The zero-order chi connectivity index (χ0) is 13.9. The number of hydrogen-bond acceptors (Lipinski definition) is 5. The van der Waals surface area contributed by atoms with Gasteiger partial charge >= 0.3 is 5.97 Å². The zero-order valence-corrected chi connectivity index (χ0v) is 12.4. The van der Waals surface area contributed by atoms with Gasteiger partial charge in [-0.05, 0) is 32.2 Å². The first-order valence-corrected chi connectivity index (χ1v) is 8.21. The summed E-state index contributed by atoms with van der Waals surface area (Å²) in [5, 5.41) is 12.5. The number of rotatable bonds is 4. The quantitative estimate of drug-likeness (QED) is 0.915. The highest BCUT2D eigenvalue weighted by atomic mass is 32.1. The monoisotopic (exact) mass is 295 g/mol. The Morgan fingerprint density at radius 3 is 2.80 bits per heavy atom. The van der Waals surface area contributed by atoms with E-state index in [0.717, 1.165) is 51.9 Å². The number of hydrogen-bond donors (Lipinski definition) is 1. The lowest BCUT2D eigenvalue weighted by molar-refractivity contribution is -0.143. The average molecular weight is 295 g/mol. The molecule has 0 amide bonds. The predicted molar refractivity (Wildman–Crippen MR) is 77.8 cm³/mol. The number of carboxylic acid groups (broad SMARTS) is 1. The highest BCUT2D eigenvalue weighted by Crippen LogP contribution is 2.26. The van der Waals surface area contributed by atoms with Crippen molar-refractivity contribution in [3.8, 4) is 0 Å². The lowest BCUT2D eigenvalue weighted by Gasteiger charge is -2.38. The zero-order valence-electron chi connectivity index (χ0n) is 11.6. The van der Waals surface area contributed by atoms with Gasteiger partial charge in [0.15, 0.2) is 0 Å². The molecule has 3 rings (SSSR count). The van der Waals surface area contributed by atoms with Crippen LogP contribution in [-0.4, -0.2) is 57.6 Å². The normalized spacial score (nSPS) is 26.1. The molecule has 2 aliphatic heterocycles. The molecule has 20 heavy (non-hydrogen) atoms. The molecule has 3 heterocycles. The van der Waals surface area contributed by atoms with Crippen molar-refractivity contribution in [2.75, 3.05) is 19.6 Å². The maximum absolute atomic E-state index is 11.3. The first kappa shape index (κ1) is 14.0. The van der Waals surface area contributed by atoms with Gasteiger partial charge in [-0.2, -0.15) is 0 Å². The van der Waals surface area contributed by atoms with Crippen molar-refractivity contribution in [3.05, 3.63) is 16.6 Å². The molecular weight excluding hydrogens is 274 g/mol. The highest BCUT2D eigenvalue weighted by molar-refractivity contribution is 7.09. The van der Waals surface area contributed by atoms with E-state index >= 15 is 0 Å². The van der Waals surface area contributed by atoms with Crippen LogP contribution in [0.4, 0.5) is 0 Å². The highest BCUT2D eigenvalue weighted by Gasteiger charge is 2.36. The van der Waals surface area contributed by atoms with Crippen LogP contribution in [0.1, 0.15) is 30.7 Å². The first-order valence-electron chi connectivity index (χ1n) is 7.33. The summed E-state index contributed by atoms with van der Waals surface area (Å²) >= 11 is 1.71. The molecule has 0 aliphatic carbocycles. The molecule has 0 bridgehead atoms. The summed E-state index contributed by atoms with van der Waals surface area (Å²) in [6, 6.07) is 0.205. The summed E-state index contributed by atoms with van der Waals surface area (Å²) in [5.41, 5.74) is 0. The molecule has 1 unspecified atom stereocenters. The van der Waals surface area contributed by atoms with E-state index in [2.05, 4.69) is 14.8 Å². The SMILES string of the molecule is O=C(O)C1CCCN1C1CCN(Cc2nccs2)CC1. The molecule has 5 nitrogen and oxygen atoms in total. The average Bonchev–Trinajstić information content (AvgIpc) is 3.10. The fourth-order valence-electron chi connectivity index (χ4n) is 3.42. The van der Waals surface area contributed by atoms with Gasteiger partial charge in [-0.25, -0.2) is 4.98 Å². The maximum Gasteiger partial charge on any atom is 0.320 e. The molecule has 2 aliphatic rings. The summed E-state index contributed by atoms with van der Waals surface area (Å²) in [6.07, 6.45) is 5.85. The minimum absolute atomic E-state index is 0.245. The second kappa shape index (κ2) is 6.20. The van der Waals surface area contributed by atoms with Crippen molar-refractivity contribution < 1.29 is 9.90 Å². The Kier molecular flexibility index (Phi) is 4.33. The fraction of sp³-hybridized carbons (Fsp3) is 0.714. The summed E-state index contributed by atoms with van der Waals surface area (Å²) in [7, 11) is 0. The van der Waals surface area contributed by atoms with Gasteiger partial charge in [-0.1, -0.05) is 0 Å². The number of piperidine rings is 1. The minimum atomic E-state index is -0.646. The summed E-state index contributed by atoms with van der Waals surface area (Å²) in [4.78, 5) is 20.3. The topological polar surface area (TPSA) is 56.7 Å². The molecular formula is C14H21N3O2S. The van der Waals surface area contributed by atoms with Gasteiger partial charge in [0.05, 0.1) is 6.54 Å². The number of aliphatic carboxylic acids is 1. The molecule has 0 radical (unpaired) electrons. The van der Waals surface area contributed by atoms with Crippen molar-refractivity contribution in [2.45, 2.75) is 44.3 Å². The van der Waals surface area contributed by atoms with Gasteiger partial charge in [-0.15, -0.1) is 11.3 Å². The van der Waals surface area contributed by atoms with Crippen molar-refractivity contribution in [1.82, 2.24) is 14.8 Å². The van der Waals surface area contributed by atoms with Gasteiger partial charge in [0.25, 0.3) is 0 Å². The first-order chi connectivity index (χ1) is 9.74. The molecule has 0 aromatic carbocycles. The van der Waals surface area contributed by atoms with E-state index in [1.54, 1.807) is 11.3 Å². The molecule has 1 aromatic heterocycles. The molecule has 1 aromatic rings. The Morgan fingerprint density at radius 2 is 2.15 bits per heavy atom. The molecule has 6 heteroatoms. The Bertz CT molecular complexity index is 443. The van der Waals surface area contributed by atoms with E-state index in [-0.39, 0.29) is 6.04 Å². The number of likely N-dealkylation sites (tertiary alicyclic amines) is 2. The lowest BCUT2D eigenvalue weighted by atomic mass is 10.0. The Morgan fingerprint density at radius 1 is 1.35 bits per heavy atom. The molecule has 2 fully saturated rings. The largest absolute Gasteiger partial charge is 0.480 e. The third kappa shape index (κ3) is 3.02. The minimum Gasteiger partial charge on any atom is -0.480 e. The maximum atomic E-state index is 11.3. The van der Waals surface area contributed by atoms with Gasteiger partial charge in [-0.3, -0.25) is 14.6 Å². The number of carbonyl (C=O) groups is 1. The van der Waals surface area contributed by atoms with E-state index in [0.29, 0.717) is 6.04 Å². The lowest BCUT2D eigenvalue weighted by Crippen LogP contribution is -2.48. The Hall–Kier alpha value is -0.980. The molecule has 0 saturated carbocycles. The van der Waals surface area contributed by atoms with Crippen LogP contribution in [0.25, 0.3) is 0 Å². The van der Waals surface area contributed by atoms with E-state index in [4.69, 9.17) is 0 Å². The predicted octanol–water partition coefficient (Wildman–Crippen LogP) is 1.66. The van der Waals surface area contributed by atoms with Gasteiger partial charge < -0.3 is 5.11 Å². The second-order valence-electron chi connectivity index (χ2n) is 5.67. The van der Waals surface area contributed by atoms with E-state index in [1.807, 2.05) is 11.6 Å². The van der Waals surface area contributed by atoms with Crippen LogP contribution in [0.3, 0.4) is 0 Å². The van der Waals surface area contributed by atoms with Gasteiger partial charge in [0.1, 0.15) is 11.0 Å². The van der Waals surface area contributed by atoms with Crippen LogP contribution in [-0.2, 0) is 11.3 Å². The van der Waals surface area contributed by atoms with Crippen LogP contribution in [0, 0.1) is 0 Å². The smallest absolute Gasteiger partial charge is 0.320 e. The third-order valence-corrected chi connectivity index (χ3v) is 5.21. The summed E-state index contributed by atoms with van der Waals surface area (Å²) in [5.74, 6) is -0.646. The number of carboxylic acids is 1. The Balaban J connectivity index is 1.52. The van der Waals surface area contributed by atoms with Gasteiger partial charge in [0.2, 0.25) is 0 Å². The van der Waals surface area contributed by atoms with Crippen molar-refractivity contribution in [3.63, 3.8) is 0 Å². The second-order valence-corrected chi connectivity index (χ2v) is 6.65. The van der Waals surface area contributed by atoms with E-state index in [9.17, 15) is 9.90 Å². The van der Waals surface area contributed by atoms with Crippen LogP contribution in [0.15, 0.2) is 11.6 Å². The van der Waals surface area contributed by atoms with Crippen LogP contribution in [0.2, 0.25) is 0 Å². The van der Waals surface area contributed by atoms with Crippen molar-refractivity contribution in [1.29, 1.82) is 0 Å². The van der Waals surface area contributed by atoms with Crippen LogP contribution in [0.5, 0.6) is 0 Å². The Labute approximate surface area is 123 Å². The van der Waals surface area contributed by atoms with E-state index in [1.165, 1.54) is 5.01 Å². The summed E-state index contributed by atoms with van der Waals surface area (Å²) < 4.78 is 0. The number of aromatic nitrogens is 1. The molecule has 1 N–H and O–H groups in total. The van der Waals surface area contributed by atoms with Crippen LogP contribution < -0.4 is 0 Å². The molecule has 0 spiro atoms. The molecule has 2 saturated heterocycles. The summed E-state index contributed by atoms with van der Waals surface area (Å²) in [6.45, 7) is 3.99.